The Morgan fingerprint density at radius 3 is 2.73 bits per heavy atom. The third kappa shape index (κ3) is 4.60. The van der Waals surface area contributed by atoms with Gasteiger partial charge in [0.25, 0.3) is 5.91 Å². The maximum Gasteiger partial charge on any atom is 0.277 e. The molecule has 0 unspecified atom stereocenters. The van der Waals surface area contributed by atoms with Crippen molar-refractivity contribution in [2.24, 2.45) is 5.10 Å². The summed E-state index contributed by atoms with van der Waals surface area (Å²) in [5.41, 5.74) is 5.38. The van der Waals surface area contributed by atoms with Crippen LogP contribution in [-0.2, 0) is 4.79 Å². The number of rotatable bonds is 5. The second-order valence-electron chi connectivity index (χ2n) is 4.85. The number of hydrogen-bond donors (Lipinski definition) is 1. The van der Waals surface area contributed by atoms with Gasteiger partial charge in [-0.2, -0.15) is 5.10 Å². The van der Waals surface area contributed by atoms with Crippen LogP contribution < -0.4 is 10.2 Å². The first-order valence-corrected chi connectivity index (χ1v) is 7.20. The number of amides is 1. The summed E-state index contributed by atoms with van der Waals surface area (Å²) >= 11 is 5.93. The number of halogens is 1. The van der Waals surface area contributed by atoms with Gasteiger partial charge in [-0.05, 0) is 48.7 Å². The minimum absolute atomic E-state index is 0.105. The summed E-state index contributed by atoms with van der Waals surface area (Å²) in [6, 6.07) is 13.0. The van der Waals surface area contributed by atoms with Crippen LogP contribution in [0.1, 0.15) is 16.7 Å². The molecule has 0 saturated heterocycles. The molecule has 0 aliphatic heterocycles. The van der Waals surface area contributed by atoms with Gasteiger partial charge in [0, 0.05) is 5.02 Å². The minimum atomic E-state index is -0.322. The Hall–Kier alpha value is -2.33. The Balaban J connectivity index is 1.83. The molecule has 0 aromatic heterocycles. The highest BCUT2D eigenvalue weighted by Crippen LogP contribution is 2.20. The molecule has 2 aromatic carbocycles. The van der Waals surface area contributed by atoms with Gasteiger partial charge in [0.05, 0.1) is 6.21 Å². The van der Waals surface area contributed by atoms with E-state index in [-0.39, 0.29) is 12.5 Å². The predicted molar refractivity (Wildman–Crippen MR) is 88.6 cm³/mol. The normalized spacial score (nSPS) is 10.7. The van der Waals surface area contributed by atoms with Gasteiger partial charge in [-0.15, -0.1) is 0 Å². The Morgan fingerprint density at radius 1 is 1.23 bits per heavy atom. The van der Waals surface area contributed by atoms with E-state index in [9.17, 15) is 4.79 Å². The van der Waals surface area contributed by atoms with Crippen LogP contribution in [0, 0.1) is 13.8 Å². The monoisotopic (exact) mass is 316 g/mol. The van der Waals surface area contributed by atoms with E-state index in [4.69, 9.17) is 16.3 Å². The lowest BCUT2D eigenvalue weighted by Gasteiger charge is -2.06. The molecule has 0 atom stereocenters. The van der Waals surface area contributed by atoms with Crippen molar-refractivity contribution in [2.75, 3.05) is 6.61 Å². The van der Waals surface area contributed by atoms with Gasteiger partial charge in [-0.1, -0.05) is 35.9 Å². The van der Waals surface area contributed by atoms with E-state index in [1.54, 1.807) is 24.4 Å². The topological polar surface area (TPSA) is 50.7 Å². The number of nitrogens with zero attached hydrogens (tertiary/aromatic N) is 1. The summed E-state index contributed by atoms with van der Waals surface area (Å²) in [5, 5.41) is 4.59. The van der Waals surface area contributed by atoms with Crippen LogP contribution >= 0.6 is 11.6 Å². The molecule has 22 heavy (non-hydrogen) atoms. The van der Waals surface area contributed by atoms with Crippen molar-refractivity contribution in [1.29, 1.82) is 0 Å². The van der Waals surface area contributed by atoms with E-state index >= 15 is 0 Å². The average molecular weight is 317 g/mol. The van der Waals surface area contributed by atoms with E-state index in [0.717, 1.165) is 16.7 Å². The van der Waals surface area contributed by atoms with Gasteiger partial charge >= 0.3 is 0 Å². The standard InChI is InChI=1S/C17H17ClN2O2/c1-12-5-3-4-6-14(12)10-19-20-17(21)11-22-15-7-8-16(18)13(2)9-15/h3-10H,11H2,1-2H3,(H,20,21)/b19-10-. The van der Waals surface area contributed by atoms with Gasteiger partial charge in [0.1, 0.15) is 5.75 Å². The molecule has 0 radical (unpaired) electrons. The third-order valence-electron chi connectivity index (χ3n) is 3.08. The first-order valence-electron chi connectivity index (χ1n) is 6.83. The van der Waals surface area contributed by atoms with Crippen LogP contribution in [0.4, 0.5) is 0 Å². The first kappa shape index (κ1) is 16.0. The molecule has 114 valence electrons. The lowest BCUT2D eigenvalue weighted by molar-refractivity contribution is -0.123. The molecule has 0 aliphatic carbocycles. The molecular weight excluding hydrogens is 300 g/mol. The smallest absolute Gasteiger partial charge is 0.277 e. The second-order valence-corrected chi connectivity index (χ2v) is 5.26. The summed E-state index contributed by atoms with van der Waals surface area (Å²) in [5.74, 6) is 0.275. The first-order chi connectivity index (χ1) is 10.6. The van der Waals surface area contributed by atoms with E-state index in [0.29, 0.717) is 10.8 Å². The Morgan fingerprint density at radius 2 is 2.00 bits per heavy atom. The van der Waals surface area contributed by atoms with Crippen LogP contribution in [-0.4, -0.2) is 18.7 Å². The highest BCUT2D eigenvalue weighted by Gasteiger charge is 2.03. The average Bonchev–Trinajstić information content (AvgIpc) is 2.50. The fourth-order valence-electron chi connectivity index (χ4n) is 1.79. The van der Waals surface area contributed by atoms with Crippen LogP contribution in [0.25, 0.3) is 0 Å². The fourth-order valence-corrected chi connectivity index (χ4v) is 1.91. The van der Waals surface area contributed by atoms with Gasteiger partial charge in [0.15, 0.2) is 6.61 Å². The number of carbonyl (C=O) groups is 1. The molecule has 0 bridgehead atoms. The molecule has 0 fully saturated rings. The molecule has 0 saturated carbocycles. The number of hydrogen-bond acceptors (Lipinski definition) is 3. The van der Waals surface area contributed by atoms with Gasteiger partial charge in [-0.3, -0.25) is 4.79 Å². The molecular formula is C17H17ClN2O2. The fraction of sp³-hybridized carbons (Fsp3) is 0.176. The SMILES string of the molecule is Cc1cc(OCC(=O)N/N=C\c2ccccc2C)ccc1Cl. The van der Waals surface area contributed by atoms with Crippen molar-refractivity contribution in [1.82, 2.24) is 5.43 Å². The zero-order valence-electron chi connectivity index (χ0n) is 12.5. The summed E-state index contributed by atoms with van der Waals surface area (Å²) < 4.78 is 5.39. The summed E-state index contributed by atoms with van der Waals surface area (Å²) in [6.45, 7) is 3.75. The summed E-state index contributed by atoms with van der Waals surface area (Å²) in [4.78, 5) is 11.7. The van der Waals surface area contributed by atoms with Crippen molar-refractivity contribution in [3.63, 3.8) is 0 Å². The van der Waals surface area contributed by atoms with Crippen LogP contribution in [0.5, 0.6) is 5.75 Å². The number of carbonyl (C=O) groups excluding carboxylic acids is 1. The molecule has 2 aromatic rings. The highest BCUT2D eigenvalue weighted by atomic mass is 35.5. The van der Waals surface area contributed by atoms with Gasteiger partial charge in [0.2, 0.25) is 0 Å². The third-order valence-corrected chi connectivity index (χ3v) is 3.50. The van der Waals surface area contributed by atoms with Crippen molar-refractivity contribution in [2.45, 2.75) is 13.8 Å². The Labute approximate surface area is 134 Å². The van der Waals surface area contributed by atoms with Crippen molar-refractivity contribution in [3.05, 3.63) is 64.2 Å². The van der Waals surface area contributed by atoms with E-state index in [1.807, 2.05) is 38.1 Å². The molecule has 0 spiro atoms. The molecule has 4 nitrogen and oxygen atoms in total. The summed E-state index contributed by atoms with van der Waals surface area (Å²) in [6.07, 6.45) is 1.61. The molecule has 0 aliphatic rings. The van der Waals surface area contributed by atoms with Gasteiger partial charge < -0.3 is 4.74 Å². The number of ether oxygens (including phenoxy) is 1. The molecule has 5 heteroatoms. The number of hydrazone groups is 1. The molecule has 1 amide bonds. The number of aryl methyl sites for hydroxylation is 2. The maximum absolute atomic E-state index is 11.7. The summed E-state index contributed by atoms with van der Waals surface area (Å²) in [7, 11) is 0. The van der Waals surface area contributed by atoms with Gasteiger partial charge in [-0.25, -0.2) is 5.43 Å². The van der Waals surface area contributed by atoms with E-state index in [2.05, 4.69) is 10.5 Å². The Bertz CT molecular complexity index is 699. The zero-order valence-corrected chi connectivity index (χ0v) is 13.2. The minimum Gasteiger partial charge on any atom is -0.484 e. The Kier molecular flexibility index (Phi) is 5.55. The highest BCUT2D eigenvalue weighted by molar-refractivity contribution is 6.31. The molecule has 1 N–H and O–H groups in total. The van der Waals surface area contributed by atoms with Crippen LogP contribution in [0.3, 0.4) is 0 Å². The zero-order chi connectivity index (χ0) is 15.9. The second kappa shape index (κ2) is 7.61. The van der Waals surface area contributed by atoms with Crippen LogP contribution in [0.15, 0.2) is 47.6 Å². The van der Waals surface area contributed by atoms with Crippen molar-refractivity contribution < 1.29 is 9.53 Å². The molecule has 0 heterocycles. The largest absolute Gasteiger partial charge is 0.484 e. The maximum atomic E-state index is 11.7. The van der Waals surface area contributed by atoms with E-state index in [1.165, 1.54) is 0 Å². The van der Waals surface area contributed by atoms with Crippen molar-refractivity contribution >= 4 is 23.7 Å². The van der Waals surface area contributed by atoms with Crippen molar-refractivity contribution in [3.8, 4) is 5.75 Å². The number of benzene rings is 2. The quantitative estimate of drug-likeness (QED) is 0.678. The van der Waals surface area contributed by atoms with E-state index < -0.39 is 0 Å². The number of nitrogens with one attached hydrogen (secondary N) is 1. The van der Waals surface area contributed by atoms with Crippen LogP contribution in [0.2, 0.25) is 5.02 Å². The molecule has 2 rings (SSSR count). The lowest BCUT2D eigenvalue weighted by atomic mass is 10.1. The predicted octanol–water partition coefficient (Wildman–Crippen LogP) is 3.49. The lowest BCUT2D eigenvalue weighted by Crippen LogP contribution is -2.24.